The topological polar surface area (TPSA) is 8.17 Å². The van der Waals surface area contributed by atoms with E-state index in [0.29, 0.717) is 0 Å². The number of rotatable bonds is 10. The summed E-state index contributed by atoms with van der Waals surface area (Å²) in [6, 6.07) is 106. The van der Waals surface area contributed by atoms with Gasteiger partial charge in [-0.2, -0.15) is 0 Å². The van der Waals surface area contributed by atoms with Gasteiger partial charge < -0.3 is 9.47 Å². The Balaban J connectivity index is 0.869. The van der Waals surface area contributed by atoms with Crippen LogP contribution < -0.4 is 4.90 Å². The maximum atomic E-state index is 2.49. The number of benzene rings is 12. The molecular formula is C72H48N2S. The molecule has 12 aromatic carbocycles. The van der Waals surface area contributed by atoms with E-state index in [1.54, 1.807) is 0 Å². The van der Waals surface area contributed by atoms with Crippen molar-refractivity contribution < 1.29 is 0 Å². The van der Waals surface area contributed by atoms with Crippen molar-refractivity contribution in [2.24, 2.45) is 0 Å². The van der Waals surface area contributed by atoms with Crippen molar-refractivity contribution >= 4 is 70.4 Å². The van der Waals surface area contributed by atoms with Gasteiger partial charge in [-0.3, -0.25) is 0 Å². The summed E-state index contributed by atoms with van der Waals surface area (Å²) in [4.78, 5) is 2.41. The Bertz CT molecular complexity index is 4230. The fourth-order valence-electron chi connectivity index (χ4n) is 11.2. The van der Waals surface area contributed by atoms with Crippen LogP contribution in [-0.4, -0.2) is 4.57 Å². The number of anilines is 3. The zero-order valence-corrected chi connectivity index (χ0v) is 41.8. The van der Waals surface area contributed by atoms with Crippen LogP contribution in [0.5, 0.6) is 0 Å². The van der Waals surface area contributed by atoms with Crippen LogP contribution in [0, 0.1) is 0 Å². The average molecular weight is 973 g/mol. The minimum Gasteiger partial charge on any atom is -0.310 e. The van der Waals surface area contributed by atoms with Crippen LogP contribution in [0.1, 0.15) is 0 Å². The summed E-state index contributed by atoms with van der Waals surface area (Å²) < 4.78 is 5.09. The summed E-state index contributed by atoms with van der Waals surface area (Å²) in [7, 11) is 0. The quantitative estimate of drug-likeness (QED) is 0.133. The molecule has 2 heterocycles. The van der Waals surface area contributed by atoms with Crippen LogP contribution in [0.3, 0.4) is 0 Å². The molecule has 0 N–H and O–H groups in total. The highest BCUT2D eigenvalue weighted by molar-refractivity contribution is 7.26. The van der Waals surface area contributed by atoms with Crippen molar-refractivity contribution in [2.75, 3.05) is 4.90 Å². The van der Waals surface area contributed by atoms with Crippen molar-refractivity contribution in [1.82, 2.24) is 4.57 Å². The standard InChI is InChI=1S/C72H48N2S/c1-3-16-49(17-4-1)51-32-36-53(37-33-51)55-40-44-59(45-41-55)73(60-46-42-56(43-47-60)54-38-34-52(35-39-54)50-18-5-2-6-19-50)66-27-10-7-22-61(66)57-20-13-21-58(48-57)62-25-14-29-68-71(62)65-24-8-11-28-67(65)74(68)69-30-15-26-64-63-23-9-12-31-70(63)75-72(64)69/h1-48H. The van der Waals surface area contributed by atoms with Crippen LogP contribution in [0.2, 0.25) is 0 Å². The van der Waals surface area contributed by atoms with E-state index in [1.165, 1.54) is 103 Å². The molecule has 0 atom stereocenters. The second-order valence-corrected chi connectivity index (χ2v) is 20.3. The molecule has 3 heteroatoms. The van der Waals surface area contributed by atoms with Crippen LogP contribution in [0.25, 0.3) is 114 Å². The summed E-state index contributed by atoms with van der Waals surface area (Å²) >= 11 is 1.88. The van der Waals surface area contributed by atoms with Gasteiger partial charge in [-0.05, 0) is 122 Å². The molecule has 0 fully saturated rings. The number of aromatic nitrogens is 1. The van der Waals surface area contributed by atoms with Gasteiger partial charge in [0.25, 0.3) is 0 Å². The number of hydrogen-bond acceptors (Lipinski definition) is 2. The lowest BCUT2D eigenvalue weighted by atomic mass is 9.94. The Morgan fingerprint density at radius 1 is 0.280 bits per heavy atom. The normalized spacial score (nSPS) is 11.5. The van der Waals surface area contributed by atoms with Crippen molar-refractivity contribution in [3.8, 4) is 72.4 Å². The van der Waals surface area contributed by atoms with Gasteiger partial charge >= 0.3 is 0 Å². The van der Waals surface area contributed by atoms with Crippen molar-refractivity contribution in [3.05, 3.63) is 291 Å². The Kier molecular flexibility index (Phi) is 11.1. The summed E-state index contributed by atoms with van der Waals surface area (Å²) in [6.45, 7) is 0. The van der Waals surface area contributed by atoms with Gasteiger partial charge in [0.15, 0.2) is 0 Å². The molecule has 14 aromatic rings. The third-order valence-corrected chi connectivity index (χ3v) is 16.1. The molecule has 0 bridgehead atoms. The van der Waals surface area contributed by atoms with Gasteiger partial charge in [0.2, 0.25) is 0 Å². The van der Waals surface area contributed by atoms with E-state index in [1.807, 2.05) is 11.3 Å². The van der Waals surface area contributed by atoms with Crippen LogP contribution in [0.15, 0.2) is 291 Å². The lowest BCUT2D eigenvalue weighted by molar-refractivity contribution is 1.20. The highest BCUT2D eigenvalue weighted by Crippen LogP contribution is 2.46. The first-order chi connectivity index (χ1) is 37.2. The van der Waals surface area contributed by atoms with Gasteiger partial charge in [0.05, 0.1) is 27.1 Å². The number of para-hydroxylation sites is 2. The van der Waals surface area contributed by atoms with Gasteiger partial charge in [-0.1, -0.05) is 231 Å². The molecule has 0 spiro atoms. The molecular weight excluding hydrogens is 925 g/mol. The maximum absolute atomic E-state index is 2.49. The first-order valence-corrected chi connectivity index (χ1v) is 26.5. The minimum atomic E-state index is 1.08. The molecule has 0 aliphatic rings. The fraction of sp³-hybridized carbons (Fsp3) is 0. The molecule has 0 aliphatic carbocycles. The molecule has 14 rings (SSSR count). The van der Waals surface area contributed by atoms with Crippen molar-refractivity contribution in [2.45, 2.75) is 0 Å². The zero-order valence-electron chi connectivity index (χ0n) is 41.0. The molecule has 0 saturated carbocycles. The first-order valence-electron chi connectivity index (χ1n) is 25.6. The Hall–Kier alpha value is -9.54. The van der Waals surface area contributed by atoms with E-state index < -0.39 is 0 Å². The molecule has 352 valence electrons. The van der Waals surface area contributed by atoms with Crippen LogP contribution in [-0.2, 0) is 0 Å². The summed E-state index contributed by atoms with van der Waals surface area (Å²) in [5, 5.41) is 5.10. The fourth-order valence-corrected chi connectivity index (χ4v) is 12.4. The monoisotopic (exact) mass is 972 g/mol. The van der Waals surface area contributed by atoms with E-state index >= 15 is 0 Å². The van der Waals surface area contributed by atoms with E-state index in [9.17, 15) is 0 Å². The second-order valence-electron chi connectivity index (χ2n) is 19.2. The number of fused-ring (bicyclic) bond motifs is 6. The van der Waals surface area contributed by atoms with E-state index in [4.69, 9.17) is 0 Å². The Morgan fingerprint density at radius 2 is 0.693 bits per heavy atom. The van der Waals surface area contributed by atoms with Gasteiger partial charge in [0, 0.05) is 43.2 Å². The lowest BCUT2D eigenvalue weighted by Gasteiger charge is -2.28. The van der Waals surface area contributed by atoms with E-state index in [2.05, 4.69) is 301 Å². The van der Waals surface area contributed by atoms with E-state index in [0.717, 1.165) is 28.2 Å². The van der Waals surface area contributed by atoms with Crippen LogP contribution in [0.4, 0.5) is 17.1 Å². The van der Waals surface area contributed by atoms with Crippen LogP contribution >= 0.6 is 11.3 Å². The third-order valence-electron chi connectivity index (χ3n) is 14.9. The Labute approximate surface area is 440 Å². The smallest absolute Gasteiger partial charge is 0.0640 e. The first kappa shape index (κ1) is 44.2. The average Bonchev–Trinajstić information content (AvgIpc) is 4.05. The molecule has 0 aliphatic heterocycles. The summed E-state index contributed by atoms with van der Waals surface area (Å²) in [6.07, 6.45) is 0. The lowest BCUT2D eigenvalue weighted by Crippen LogP contribution is -2.11. The second kappa shape index (κ2) is 18.8. The Morgan fingerprint density at radius 3 is 1.31 bits per heavy atom. The van der Waals surface area contributed by atoms with Gasteiger partial charge in [-0.25, -0.2) is 0 Å². The minimum absolute atomic E-state index is 1.08. The van der Waals surface area contributed by atoms with Crippen molar-refractivity contribution in [1.29, 1.82) is 0 Å². The maximum Gasteiger partial charge on any atom is 0.0640 e. The SMILES string of the molecule is c1ccc(-c2ccc(-c3ccc(N(c4ccc(-c5ccc(-c6ccccc6)cc5)cc4)c4ccccc4-c4cccc(-c5cccc6c5c5ccccc5n6-c5cccc6c5sc5ccccc56)c4)cc3)cc2)cc1. The van der Waals surface area contributed by atoms with Gasteiger partial charge in [0.1, 0.15) is 0 Å². The number of nitrogens with zero attached hydrogens (tertiary/aromatic N) is 2. The molecule has 75 heavy (non-hydrogen) atoms. The zero-order chi connectivity index (χ0) is 49.7. The molecule has 0 unspecified atom stereocenters. The number of thiophene rings is 1. The largest absolute Gasteiger partial charge is 0.310 e. The molecule has 0 amide bonds. The highest BCUT2D eigenvalue weighted by Gasteiger charge is 2.21. The number of hydrogen-bond donors (Lipinski definition) is 0. The van der Waals surface area contributed by atoms with Gasteiger partial charge in [-0.15, -0.1) is 11.3 Å². The summed E-state index contributed by atoms with van der Waals surface area (Å²) in [5.41, 5.74) is 21.1. The van der Waals surface area contributed by atoms with E-state index in [-0.39, 0.29) is 0 Å². The summed E-state index contributed by atoms with van der Waals surface area (Å²) in [5.74, 6) is 0. The molecule has 0 saturated heterocycles. The molecule has 2 aromatic heterocycles. The highest BCUT2D eigenvalue weighted by atomic mass is 32.1. The molecule has 0 radical (unpaired) electrons. The third kappa shape index (κ3) is 7.99. The predicted molar refractivity (Wildman–Crippen MR) is 321 cm³/mol. The van der Waals surface area contributed by atoms with Crippen molar-refractivity contribution in [3.63, 3.8) is 0 Å². The molecule has 2 nitrogen and oxygen atoms in total. The predicted octanol–water partition coefficient (Wildman–Crippen LogP) is 20.6.